The van der Waals surface area contributed by atoms with Crippen molar-refractivity contribution < 1.29 is 18.0 Å². The van der Waals surface area contributed by atoms with E-state index in [1.165, 1.54) is 0 Å². The monoisotopic (exact) mass is 316 g/mol. The fourth-order valence-corrected chi connectivity index (χ4v) is 2.55. The zero-order valence-electron chi connectivity index (χ0n) is 11.9. The van der Waals surface area contributed by atoms with Gasteiger partial charge in [0.25, 0.3) is 0 Å². The molecule has 3 nitrogen and oxygen atoms in total. The van der Waals surface area contributed by atoms with Gasteiger partial charge >= 0.3 is 6.18 Å². The van der Waals surface area contributed by atoms with Crippen LogP contribution in [0.25, 0.3) is 0 Å². The van der Waals surface area contributed by atoms with Gasteiger partial charge in [-0.3, -0.25) is 4.79 Å². The highest BCUT2D eigenvalue weighted by molar-refractivity contribution is 5.86. The zero-order valence-corrected chi connectivity index (χ0v) is 12.7. The minimum absolute atomic E-state index is 0. The van der Waals surface area contributed by atoms with Gasteiger partial charge < -0.3 is 11.1 Å². The van der Waals surface area contributed by atoms with Gasteiger partial charge in [0, 0.05) is 6.04 Å². The smallest absolute Gasteiger partial charge is 0.352 e. The first-order chi connectivity index (χ1) is 8.66. The molecule has 0 radical (unpaired) electrons. The number of hydrogen-bond donors (Lipinski definition) is 2. The molecule has 1 rings (SSSR count). The number of nitrogens with one attached hydrogen (secondary N) is 1. The van der Waals surface area contributed by atoms with Gasteiger partial charge in [-0.05, 0) is 39.0 Å². The molecule has 7 heteroatoms. The molecule has 0 bridgehead atoms. The quantitative estimate of drug-likeness (QED) is 0.837. The second kappa shape index (κ2) is 7.50. The van der Waals surface area contributed by atoms with Crippen molar-refractivity contribution in [1.82, 2.24) is 5.32 Å². The first-order valence-corrected chi connectivity index (χ1v) is 6.83. The van der Waals surface area contributed by atoms with Crippen LogP contribution in [-0.2, 0) is 4.79 Å². The molecule has 20 heavy (non-hydrogen) atoms. The van der Waals surface area contributed by atoms with Crippen molar-refractivity contribution in [2.24, 2.45) is 11.7 Å². The Balaban J connectivity index is 0.00000361. The normalized spacial score (nSPS) is 26.3. The molecule has 1 fully saturated rings. The van der Waals surface area contributed by atoms with Crippen LogP contribution in [0.4, 0.5) is 13.2 Å². The van der Waals surface area contributed by atoms with Gasteiger partial charge in [-0.25, -0.2) is 0 Å². The summed E-state index contributed by atoms with van der Waals surface area (Å²) in [5.74, 6) is -1.48. The van der Waals surface area contributed by atoms with E-state index < -0.39 is 17.6 Å². The number of amides is 1. The number of carbonyl (C=O) groups is 1. The van der Waals surface area contributed by atoms with Gasteiger partial charge in [0.05, 0.1) is 11.5 Å². The van der Waals surface area contributed by atoms with Crippen molar-refractivity contribution in [1.29, 1.82) is 0 Å². The van der Waals surface area contributed by atoms with E-state index >= 15 is 0 Å². The zero-order chi connectivity index (χ0) is 14.7. The van der Waals surface area contributed by atoms with Gasteiger partial charge in [0.15, 0.2) is 0 Å². The number of hydrogen-bond acceptors (Lipinski definition) is 2. The Labute approximate surface area is 124 Å². The van der Waals surface area contributed by atoms with Crippen LogP contribution >= 0.6 is 12.4 Å². The summed E-state index contributed by atoms with van der Waals surface area (Å²) in [4.78, 5) is 11.9. The minimum atomic E-state index is -4.11. The van der Waals surface area contributed by atoms with E-state index in [2.05, 4.69) is 5.32 Å². The van der Waals surface area contributed by atoms with Crippen LogP contribution < -0.4 is 11.1 Å². The highest BCUT2D eigenvalue weighted by atomic mass is 35.5. The fourth-order valence-electron chi connectivity index (χ4n) is 2.55. The first-order valence-electron chi connectivity index (χ1n) is 6.83. The van der Waals surface area contributed by atoms with Crippen LogP contribution in [0.3, 0.4) is 0 Å². The predicted octanol–water partition coefficient (Wildman–Crippen LogP) is 3.16. The molecular formula is C13H24ClF3N2O. The maximum Gasteiger partial charge on any atom is 0.391 e. The molecule has 0 heterocycles. The third-order valence-corrected chi connectivity index (χ3v) is 3.81. The molecule has 3 N–H and O–H groups in total. The van der Waals surface area contributed by atoms with E-state index in [0.29, 0.717) is 19.3 Å². The molecule has 0 spiro atoms. The Morgan fingerprint density at radius 2 is 1.75 bits per heavy atom. The molecule has 0 aromatic carbocycles. The number of halogens is 4. The fraction of sp³-hybridized carbons (Fsp3) is 0.923. The van der Waals surface area contributed by atoms with Crippen LogP contribution in [0.5, 0.6) is 0 Å². The third kappa shape index (κ3) is 5.48. The van der Waals surface area contributed by atoms with Gasteiger partial charge in [-0.2, -0.15) is 13.2 Å². The van der Waals surface area contributed by atoms with Crippen molar-refractivity contribution in [2.45, 2.75) is 70.1 Å². The summed E-state index contributed by atoms with van der Waals surface area (Å²) in [6.45, 7) is 3.60. The molecule has 1 unspecified atom stereocenters. The summed E-state index contributed by atoms with van der Waals surface area (Å²) in [6, 6.07) is -0.175. The number of rotatable bonds is 4. The van der Waals surface area contributed by atoms with Gasteiger partial charge in [0.1, 0.15) is 0 Å². The molecular weight excluding hydrogens is 293 g/mol. The maximum atomic E-state index is 12.5. The first kappa shape index (κ1) is 19.5. The number of nitrogens with two attached hydrogens (primary N) is 1. The summed E-state index contributed by atoms with van der Waals surface area (Å²) >= 11 is 0. The predicted molar refractivity (Wildman–Crippen MR) is 74.7 cm³/mol. The van der Waals surface area contributed by atoms with Crippen LogP contribution in [0.1, 0.15) is 52.4 Å². The molecule has 0 aromatic rings. The Morgan fingerprint density at radius 3 is 2.15 bits per heavy atom. The van der Waals surface area contributed by atoms with Crippen molar-refractivity contribution in [3.8, 4) is 0 Å². The lowest BCUT2D eigenvalue weighted by atomic mass is 9.85. The van der Waals surface area contributed by atoms with Crippen molar-refractivity contribution in [2.75, 3.05) is 0 Å². The summed E-state index contributed by atoms with van der Waals surface area (Å²) < 4.78 is 37.5. The summed E-state index contributed by atoms with van der Waals surface area (Å²) in [6.07, 6.45) is -1.83. The molecule has 0 saturated heterocycles. The van der Waals surface area contributed by atoms with E-state index in [0.717, 1.165) is 6.42 Å². The standard InChI is InChI=1S/C13H23F3N2O.ClH/c1-3-8-12(2,17)11(19)18-10-6-4-9(5-7-10)13(14,15)16;/h9-10H,3-8,17H2,1-2H3,(H,18,19);1H. The van der Waals surface area contributed by atoms with Gasteiger partial charge in [-0.15, -0.1) is 12.4 Å². The van der Waals surface area contributed by atoms with E-state index in [1.807, 2.05) is 6.92 Å². The van der Waals surface area contributed by atoms with Crippen molar-refractivity contribution in [3.63, 3.8) is 0 Å². The average Bonchev–Trinajstić information content (AvgIpc) is 2.28. The Bertz CT molecular complexity index is 313. The second-order valence-electron chi connectivity index (χ2n) is 5.73. The molecule has 0 aliphatic heterocycles. The molecule has 1 aliphatic carbocycles. The lowest BCUT2D eigenvalue weighted by molar-refractivity contribution is -0.182. The van der Waals surface area contributed by atoms with Crippen LogP contribution in [0, 0.1) is 5.92 Å². The maximum absolute atomic E-state index is 12.5. The van der Waals surface area contributed by atoms with Crippen LogP contribution in [-0.4, -0.2) is 23.7 Å². The third-order valence-electron chi connectivity index (χ3n) is 3.81. The molecule has 120 valence electrons. The van der Waals surface area contributed by atoms with E-state index in [-0.39, 0.29) is 37.2 Å². The molecule has 1 aliphatic rings. The lowest BCUT2D eigenvalue weighted by Crippen LogP contribution is -2.54. The van der Waals surface area contributed by atoms with Crippen LogP contribution in [0.15, 0.2) is 0 Å². The van der Waals surface area contributed by atoms with Crippen molar-refractivity contribution in [3.05, 3.63) is 0 Å². The summed E-state index contributed by atoms with van der Waals surface area (Å²) in [7, 11) is 0. The number of carbonyl (C=O) groups excluding carboxylic acids is 1. The van der Waals surface area contributed by atoms with E-state index in [9.17, 15) is 18.0 Å². The Hall–Kier alpha value is -0.490. The van der Waals surface area contributed by atoms with Crippen LogP contribution in [0.2, 0.25) is 0 Å². The van der Waals surface area contributed by atoms with Gasteiger partial charge in [0.2, 0.25) is 5.91 Å². The average molecular weight is 317 g/mol. The summed E-state index contributed by atoms with van der Waals surface area (Å²) in [5.41, 5.74) is 4.96. The van der Waals surface area contributed by atoms with Crippen molar-refractivity contribution >= 4 is 18.3 Å². The highest BCUT2D eigenvalue weighted by Crippen LogP contribution is 2.37. The minimum Gasteiger partial charge on any atom is -0.352 e. The topological polar surface area (TPSA) is 55.1 Å². The Kier molecular flexibility index (Phi) is 7.32. The molecule has 1 saturated carbocycles. The largest absolute Gasteiger partial charge is 0.391 e. The summed E-state index contributed by atoms with van der Waals surface area (Å²) in [5, 5.41) is 2.78. The van der Waals surface area contributed by atoms with E-state index in [1.54, 1.807) is 6.92 Å². The molecule has 1 atom stereocenters. The Morgan fingerprint density at radius 1 is 1.25 bits per heavy atom. The highest BCUT2D eigenvalue weighted by Gasteiger charge is 2.42. The SMILES string of the molecule is CCCC(C)(N)C(=O)NC1CCC(C(F)(F)F)CC1.Cl. The van der Waals surface area contributed by atoms with E-state index in [4.69, 9.17) is 5.73 Å². The number of alkyl halides is 3. The molecule has 1 amide bonds. The lowest BCUT2D eigenvalue weighted by Gasteiger charge is -2.32. The second-order valence-corrected chi connectivity index (χ2v) is 5.73. The van der Waals surface area contributed by atoms with Gasteiger partial charge in [-0.1, -0.05) is 13.3 Å². The molecule has 0 aromatic heterocycles.